The molecule has 0 saturated heterocycles. The number of ether oxygens (including phenoxy) is 1. The predicted molar refractivity (Wildman–Crippen MR) is 191 cm³/mol. The van der Waals surface area contributed by atoms with Crippen LogP contribution in [0.25, 0.3) is 0 Å². The number of hydrogen-bond acceptors (Lipinski definition) is 6. The van der Waals surface area contributed by atoms with E-state index in [1.54, 1.807) is 24.0 Å². The Morgan fingerprint density at radius 1 is 1.00 bits per heavy atom. The van der Waals surface area contributed by atoms with Crippen LogP contribution in [0.2, 0.25) is 0 Å². The van der Waals surface area contributed by atoms with Crippen molar-refractivity contribution in [2.24, 2.45) is 23.0 Å². The van der Waals surface area contributed by atoms with Crippen LogP contribution in [0, 0.1) is 28.9 Å². The molecule has 0 radical (unpaired) electrons. The van der Waals surface area contributed by atoms with Gasteiger partial charge < -0.3 is 31.1 Å². The van der Waals surface area contributed by atoms with Crippen molar-refractivity contribution >= 4 is 17.7 Å². The number of nitrogens with two attached hydrogens (primary N) is 1. The van der Waals surface area contributed by atoms with E-state index in [0.29, 0.717) is 30.8 Å². The maximum absolute atomic E-state index is 14.4. The molecule has 0 saturated carbocycles. The van der Waals surface area contributed by atoms with Gasteiger partial charge in [0.25, 0.3) is 0 Å². The van der Waals surface area contributed by atoms with Crippen molar-refractivity contribution in [1.82, 2.24) is 15.5 Å². The second-order valence-electron chi connectivity index (χ2n) is 13.7. The summed E-state index contributed by atoms with van der Waals surface area (Å²) in [6.45, 7) is 11.2. The fraction of sp³-hybridized carbons (Fsp3) is 0.513. The highest BCUT2D eigenvalue weighted by molar-refractivity contribution is 5.97. The van der Waals surface area contributed by atoms with Gasteiger partial charge in [0.05, 0.1) is 24.7 Å². The maximum Gasteiger partial charge on any atom is 0.249 e. The Morgan fingerprint density at radius 3 is 2.22 bits per heavy atom. The number of halogens is 2. The summed E-state index contributed by atoms with van der Waals surface area (Å²) in [5, 5.41) is 18.0. The topological polar surface area (TPSA) is 134 Å². The first kappa shape index (κ1) is 40.5. The summed E-state index contributed by atoms with van der Waals surface area (Å²) in [5.41, 5.74) is 6.66. The van der Waals surface area contributed by atoms with Gasteiger partial charge in [0.15, 0.2) is 0 Å². The first-order chi connectivity index (χ1) is 23.8. The Bertz CT molecular complexity index is 1470. The van der Waals surface area contributed by atoms with E-state index in [9.17, 15) is 28.3 Å². The van der Waals surface area contributed by atoms with Crippen molar-refractivity contribution in [2.75, 3.05) is 32.8 Å². The molecule has 1 aliphatic rings. The summed E-state index contributed by atoms with van der Waals surface area (Å²) in [6.07, 6.45) is 3.25. The standard InChI is InChI=1S/C39H54F2N4O5/c1-6-13-45(14-7-2)37(48)30-15-27(5)20-39(21-30,38(42)49)33(18-29-16-31(40)19-32(41)17-29)35(46)23-43-34(36(47)44-22-26(3)4)25-50-24-28-11-9-8-10-12-28/h8-12,15-17,19-20,26,33-35,43,46H,6-7,13-14,18,21-25H2,1-5H3,(H2,42,49)(H,44,47)/t33-,34-,35+,39?/m1/s1. The van der Waals surface area contributed by atoms with Crippen molar-refractivity contribution in [1.29, 1.82) is 0 Å². The molecule has 9 nitrogen and oxygen atoms in total. The van der Waals surface area contributed by atoms with Crippen LogP contribution < -0.4 is 16.4 Å². The van der Waals surface area contributed by atoms with Gasteiger partial charge in [-0.25, -0.2) is 8.78 Å². The van der Waals surface area contributed by atoms with E-state index in [0.717, 1.165) is 36.6 Å². The normalized spacial score (nSPS) is 17.8. The minimum atomic E-state index is -1.60. The molecule has 0 spiro atoms. The fourth-order valence-electron chi connectivity index (χ4n) is 6.49. The number of nitrogens with one attached hydrogen (secondary N) is 2. The highest BCUT2D eigenvalue weighted by Gasteiger charge is 2.48. The number of aliphatic hydroxyl groups excluding tert-OH is 1. The van der Waals surface area contributed by atoms with Crippen molar-refractivity contribution in [2.45, 2.75) is 79.1 Å². The van der Waals surface area contributed by atoms with Crippen LogP contribution in [0.15, 0.2) is 71.8 Å². The molecule has 50 heavy (non-hydrogen) atoms. The number of carbonyl (C=O) groups excluding carboxylic acids is 3. The van der Waals surface area contributed by atoms with Gasteiger partial charge in [-0.1, -0.05) is 75.8 Å². The van der Waals surface area contributed by atoms with E-state index >= 15 is 0 Å². The van der Waals surface area contributed by atoms with Gasteiger partial charge in [-0.3, -0.25) is 14.4 Å². The second-order valence-corrected chi connectivity index (χ2v) is 13.7. The maximum atomic E-state index is 14.4. The van der Waals surface area contributed by atoms with E-state index in [1.807, 2.05) is 58.0 Å². The van der Waals surface area contributed by atoms with E-state index in [1.165, 1.54) is 0 Å². The van der Waals surface area contributed by atoms with Crippen LogP contribution in [0.4, 0.5) is 8.78 Å². The third-order valence-corrected chi connectivity index (χ3v) is 8.85. The molecule has 0 aliphatic heterocycles. The molecule has 0 bridgehead atoms. The summed E-state index contributed by atoms with van der Waals surface area (Å²) < 4.78 is 34.7. The molecule has 3 amide bonds. The van der Waals surface area contributed by atoms with Gasteiger partial charge in [-0.15, -0.1) is 0 Å². The van der Waals surface area contributed by atoms with E-state index in [-0.39, 0.29) is 55.9 Å². The van der Waals surface area contributed by atoms with Crippen LogP contribution in [0.1, 0.15) is 65.0 Å². The largest absolute Gasteiger partial charge is 0.391 e. The summed E-state index contributed by atoms with van der Waals surface area (Å²) in [6, 6.07) is 11.7. The van der Waals surface area contributed by atoms with Crippen molar-refractivity contribution in [3.05, 3.63) is 94.6 Å². The second kappa shape index (κ2) is 19.5. The minimum absolute atomic E-state index is 0.0165. The summed E-state index contributed by atoms with van der Waals surface area (Å²) in [5.74, 6) is -3.81. The van der Waals surface area contributed by atoms with Crippen LogP contribution in [-0.4, -0.2) is 72.7 Å². The number of carbonyl (C=O) groups is 3. The lowest BCUT2D eigenvalue weighted by Gasteiger charge is -2.42. The lowest BCUT2D eigenvalue weighted by molar-refractivity contribution is -0.132. The van der Waals surface area contributed by atoms with Crippen LogP contribution in [0.3, 0.4) is 0 Å². The van der Waals surface area contributed by atoms with E-state index < -0.39 is 41.0 Å². The van der Waals surface area contributed by atoms with Gasteiger partial charge in [-0.05, 0) is 61.8 Å². The van der Waals surface area contributed by atoms with Crippen LogP contribution in [0.5, 0.6) is 0 Å². The Hall–Kier alpha value is -3.93. The first-order valence-electron chi connectivity index (χ1n) is 17.5. The Morgan fingerprint density at radius 2 is 1.64 bits per heavy atom. The Balaban J connectivity index is 1.97. The molecule has 5 N–H and O–H groups in total. The molecule has 0 heterocycles. The number of allylic oxidation sites excluding steroid dienone is 2. The predicted octanol–water partition coefficient (Wildman–Crippen LogP) is 4.83. The smallest absolute Gasteiger partial charge is 0.249 e. The van der Waals surface area contributed by atoms with Crippen LogP contribution >= 0.6 is 0 Å². The zero-order chi connectivity index (χ0) is 36.8. The van der Waals surface area contributed by atoms with Gasteiger partial charge in [0, 0.05) is 43.7 Å². The van der Waals surface area contributed by atoms with E-state index in [2.05, 4.69) is 10.6 Å². The van der Waals surface area contributed by atoms with Gasteiger partial charge in [0.2, 0.25) is 17.7 Å². The molecular weight excluding hydrogens is 642 g/mol. The van der Waals surface area contributed by atoms with Gasteiger partial charge >= 0.3 is 0 Å². The molecule has 2 aromatic carbocycles. The minimum Gasteiger partial charge on any atom is -0.391 e. The first-order valence-corrected chi connectivity index (χ1v) is 17.5. The average Bonchev–Trinajstić information content (AvgIpc) is 3.06. The van der Waals surface area contributed by atoms with Crippen molar-refractivity contribution < 1.29 is 33.0 Å². The van der Waals surface area contributed by atoms with Gasteiger partial charge in [0.1, 0.15) is 17.7 Å². The Kier molecular flexibility index (Phi) is 15.8. The monoisotopic (exact) mass is 696 g/mol. The summed E-state index contributed by atoms with van der Waals surface area (Å²) in [4.78, 5) is 42.5. The SMILES string of the molecule is CCCN(CCC)C(=O)C1=CC(C)=CC(C(N)=O)([C@H](Cc2cc(F)cc(F)c2)[C@@H](O)CN[C@H](COCc2ccccc2)C(=O)NCC(C)C)C1. The number of aliphatic hydroxyl groups is 1. The summed E-state index contributed by atoms with van der Waals surface area (Å²) >= 11 is 0. The number of amides is 3. The number of primary amides is 1. The molecule has 0 aromatic heterocycles. The quantitative estimate of drug-likeness (QED) is 0.157. The fourth-order valence-corrected chi connectivity index (χ4v) is 6.49. The number of rotatable bonds is 20. The molecule has 4 atom stereocenters. The molecule has 1 aliphatic carbocycles. The summed E-state index contributed by atoms with van der Waals surface area (Å²) in [7, 11) is 0. The molecular formula is C39H54F2N4O5. The molecule has 11 heteroatoms. The third-order valence-electron chi connectivity index (χ3n) is 8.85. The highest BCUT2D eigenvalue weighted by atomic mass is 19.1. The zero-order valence-electron chi connectivity index (χ0n) is 30.0. The lowest BCUT2D eigenvalue weighted by atomic mass is 9.63. The number of benzene rings is 2. The number of hydrogen-bond donors (Lipinski definition) is 4. The molecule has 0 fully saturated rings. The van der Waals surface area contributed by atoms with Crippen molar-refractivity contribution in [3.63, 3.8) is 0 Å². The van der Waals surface area contributed by atoms with E-state index in [4.69, 9.17) is 10.5 Å². The van der Waals surface area contributed by atoms with Crippen LogP contribution in [-0.2, 0) is 32.1 Å². The third kappa shape index (κ3) is 11.6. The molecule has 274 valence electrons. The zero-order valence-corrected chi connectivity index (χ0v) is 30.0. The van der Waals surface area contributed by atoms with Crippen molar-refractivity contribution in [3.8, 4) is 0 Å². The van der Waals surface area contributed by atoms with Gasteiger partial charge in [-0.2, -0.15) is 0 Å². The Labute approximate surface area is 295 Å². The average molecular weight is 697 g/mol. The number of nitrogens with zero attached hydrogens (tertiary/aromatic N) is 1. The molecule has 3 rings (SSSR count). The highest BCUT2D eigenvalue weighted by Crippen LogP contribution is 2.44. The molecule has 1 unspecified atom stereocenters. The molecule has 2 aromatic rings. The lowest BCUT2D eigenvalue weighted by Crippen LogP contribution is -2.54.